The van der Waals surface area contributed by atoms with Crippen molar-refractivity contribution in [2.24, 2.45) is 5.92 Å². The van der Waals surface area contributed by atoms with Gasteiger partial charge in [-0.2, -0.15) is 0 Å². The zero-order valence-corrected chi connectivity index (χ0v) is 13.7. The number of hydrogen-bond acceptors (Lipinski definition) is 3. The quantitative estimate of drug-likeness (QED) is 0.859. The predicted octanol–water partition coefficient (Wildman–Crippen LogP) is 1.69. The Morgan fingerprint density at radius 3 is 2.79 bits per heavy atom. The summed E-state index contributed by atoms with van der Waals surface area (Å²) in [5.74, 6) is -0.274. The molecular formula is C18H21N3O3. The molecule has 0 bridgehead atoms. The topological polar surface area (TPSA) is 69.7 Å². The van der Waals surface area contributed by atoms with Crippen LogP contribution in [-0.2, 0) is 16.0 Å². The number of fused-ring (bicyclic) bond motifs is 1. The zero-order valence-electron chi connectivity index (χ0n) is 13.7. The number of amides is 4. The molecule has 1 saturated carbocycles. The average Bonchev–Trinajstić information content (AvgIpc) is 3.40. The van der Waals surface area contributed by atoms with Crippen molar-refractivity contribution in [3.05, 3.63) is 29.8 Å². The smallest absolute Gasteiger partial charge is 0.323 e. The molecule has 1 saturated heterocycles. The normalized spacial score (nSPS) is 26.4. The van der Waals surface area contributed by atoms with Gasteiger partial charge in [0, 0.05) is 12.2 Å². The highest BCUT2D eigenvalue weighted by molar-refractivity contribution is 6.10. The minimum atomic E-state index is -0.836. The van der Waals surface area contributed by atoms with Crippen LogP contribution >= 0.6 is 0 Å². The zero-order chi connectivity index (χ0) is 16.9. The summed E-state index contributed by atoms with van der Waals surface area (Å²) in [5.41, 5.74) is 1.19. The Hall–Kier alpha value is -2.37. The number of imide groups is 1. The molecule has 3 aliphatic rings. The summed E-state index contributed by atoms with van der Waals surface area (Å²) >= 11 is 0. The first-order valence-electron chi connectivity index (χ1n) is 8.53. The van der Waals surface area contributed by atoms with E-state index in [-0.39, 0.29) is 24.3 Å². The summed E-state index contributed by atoms with van der Waals surface area (Å²) in [6.45, 7) is 2.20. The highest BCUT2D eigenvalue weighted by atomic mass is 16.2. The van der Waals surface area contributed by atoms with E-state index in [0.29, 0.717) is 6.54 Å². The monoisotopic (exact) mass is 327 g/mol. The summed E-state index contributed by atoms with van der Waals surface area (Å²) in [6.07, 6.45) is 3.74. The van der Waals surface area contributed by atoms with Crippen molar-refractivity contribution < 1.29 is 14.4 Å². The van der Waals surface area contributed by atoms with E-state index in [9.17, 15) is 14.4 Å². The van der Waals surface area contributed by atoms with Crippen molar-refractivity contribution in [3.8, 4) is 0 Å². The number of urea groups is 1. The van der Waals surface area contributed by atoms with Crippen LogP contribution < -0.4 is 10.2 Å². The Labute approximate surface area is 140 Å². The van der Waals surface area contributed by atoms with E-state index in [1.165, 1.54) is 0 Å². The summed E-state index contributed by atoms with van der Waals surface area (Å²) in [4.78, 5) is 40.4. The second-order valence-electron chi connectivity index (χ2n) is 7.08. The molecule has 0 unspecified atom stereocenters. The van der Waals surface area contributed by atoms with Gasteiger partial charge in [0.05, 0.1) is 0 Å². The Bertz CT molecular complexity index is 728. The molecule has 0 radical (unpaired) electrons. The second kappa shape index (κ2) is 5.33. The lowest BCUT2D eigenvalue weighted by Crippen LogP contribution is -2.48. The molecule has 126 valence electrons. The lowest BCUT2D eigenvalue weighted by Gasteiger charge is -2.30. The third-order valence-electron chi connectivity index (χ3n) is 5.40. The van der Waals surface area contributed by atoms with Crippen LogP contribution in [0.2, 0.25) is 0 Å². The van der Waals surface area contributed by atoms with Crippen molar-refractivity contribution in [2.45, 2.75) is 38.1 Å². The number of nitrogens with one attached hydrogen (secondary N) is 1. The molecule has 4 rings (SSSR count). The van der Waals surface area contributed by atoms with Gasteiger partial charge >= 0.3 is 6.03 Å². The van der Waals surface area contributed by atoms with Gasteiger partial charge in [0.2, 0.25) is 5.91 Å². The highest BCUT2D eigenvalue weighted by Crippen LogP contribution is 2.42. The van der Waals surface area contributed by atoms with E-state index < -0.39 is 11.6 Å². The number of nitrogens with zero attached hydrogens (tertiary/aromatic N) is 2. The van der Waals surface area contributed by atoms with Crippen molar-refractivity contribution in [2.75, 3.05) is 18.0 Å². The highest BCUT2D eigenvalue weighted by Gasteiger charge is 2.56. The summed E-state index contributed by atoms with van der Waals surface area (Å²) in [7, 11) is 0. The molecule has 0 aromatic heterocycles. The Morgan fingerprint density at radius 2 is 2.04 bits per heavy atom. The number of para-hydroxylation sites is 1. The number of hydrogen-bond donors (Lipinski definition) is 1. The molecule has 4 amide bonds. The van der Waals surface area contributed by atoms with Gasteiger partial charge in [-0.25, -0.2) is 4.79 Å². The standard InChI is InChI=1S/C18H21N3O3/c1-18(13-8-9-13)16(23)21(17(24)19-18)11-15(22)20-10-4-6-12-5-2-3-7-14(12)20/h2-3,5,7,13H,4,6,8-11H2,1H3,(H,19,24)/t18-/m0/s1. The van der Waals surface area contributed by atoms with E-state index in [0.717, 1.165) is 41.8 Å². The first-order valence-corrected chi connectivity index (χ1v) is 8.53. The van der Waals surface area contributed by atoms with Crippen LogP contribution in [0.1, 0.15) is 31.7 Å². The molecule has 24 heavy (non-hydrogen) atoms. The lowest BCUT2D eigenvalue weighted by molar-refractivity contribution is -0.134. The van der Waals surface area contributed by atoms with Crippen molar-refractivity contribution in [3.63, 3.8) is 0 Å². The molecule has 1 aromatic rings. The van der Waals surface area contributed by atoms with E-state index in [1.54, 1.807) is 11.8 Å². The predicted molar refractivity (Wildman–Crippen MR) is 88.5 cm³/mol. The summed E-state index contributed by atoms with van der Waals surface area (Å²) in [5, 5.41) is 2.79. The fraction of sp³-hybridized carbons (Fsp3) is 0.500. The van der Waals surface area contributed by atoms with Gasteiger partial charge in [-0.05, 0) is 50.2 Å². The maximum absolute atomic E-state index is 12.8. The van der Waals surface area contributed by atoms with Crippen LogP contribution in [0, 0.1) is 5.92 Å². The molecule has 2 aliphatic heterocycles. The molecule has 1 N–H and O–H groups in total. The van der Waals surface area contributed by atoms with Gasteiger partial charge in [-0.15, -0.1) is 0 Å². The van der Waals surface area contributed by atoms with Crippen LogP contribution in [0.4, 0.5) is 10.5 Å². The SMILES string of the molecule is C[C@@]1(C2CC2)NC(=O)N(CC(=O)N2CCCc3ccccc32)C1=O. The Morgan fingerprint density at radius 1 is 1.29 bits per heavy atom. The molecule has 0 spiro atoms. The number of aryl methyl sites for hydroxylation is 1. The molecule has 2 fully saturated rings. The van der Waals surface area contributed by atoms with Gasteiger partial charge in [-0.3, -0.25) is 14.5 Å². The van der Waals surface area contributed by atoms with Gasteiger partial charge in [0.15, 0.2) is 0 Å². The maximum atomic E-state index is 12.8. The van der Waals surface area contributed by atoms with Crippen LogP contribution in [0.5, 0.6) is 0 Å². The van der Waals surface area contributed by atoms with E-state index in [4.69, 9.17) is 0 Å². The van der Waals surface area contributed by atoms with Crippen LogP contribution in [0.25, 0.3) is 0 Å². The number of carbonyl (C=O) groups is 3. The lowest BCUT2D eigenvalue weighted by atomic mass is 9.96. The Balaban J connectivity index is 1.53. The van der Waals surface area contributed by atoms with Crippen molar-refractivity contribution >= 4 is 23.5 Å². The molecule has 6 heteroatoms. The van der Waals surface area contributed by atoms with Crippen LogP contribution in [0.15, 0.2) is 24.3 Å². The summed E-state index contributed by atoms with van der Waals surface area (Å²) in [6, 6.07) is 7.36. The van der Waals surface area contributed by atoms with Crippen LogP contribution in [0.3, 0.4) is 0 Å². The number of benzene rings is 1. The van der Waals surface area contributed by atoms with E-state index >= 15 is 0 Å². The van der Waals surface area contributed by atoms with Crippen LogP contribution in [-0.4, -0.2) is 41.4 Å². The molecular weight excluding hydrogens is 306 g/mol. The fourth-order valence-electron chi connectivity index (χ4n) is 3.81. The van der Waals surface area contributed by atoms with E-state index in [1.807, 2.05) is 24.3 Å². The second-order valence-corrected chi connectivity index (χ2v) is 7.08. The van der Waals surface area contributed by atoms with Gasteiger partial charge in [-0.1, -0.05) is 18.2 Å². The fourth-order valence-corrected chi connectivity index (χ4v) is 3.81. The third-order valence-corrected chi connectivity index (χ3v) is 5.40. The molecule has 1 aliphatic carbocycles. The molecule has 6 nitrogen and oxygen atoms in total. The number of anilines is 1. The van der Waals surface area contributed by atoms with Gasteiger partial charge < -0.3 is 10.2 Å². The first-order chi connectivity index (χ1) is 11.5. The molecule has 2 heterocycles. The van der Waals surface area contributed by atoms with Crippen molar-refractivity contribution in [1.82, 2.24) is 10.2 Å². The summed E-state index contributed by atoms with van der Waals surface area (Å²) < 4.78 is 0. The molecule has 1 aromatic carbocycles. The van der Waals surface area contributed by atoms with E-state index in [2.05, 4.69) is 5.32 Å². The molecule has 1 atom stereocenters. The number of rotatable bonds is 3. The largest absolute Gasteiger partial charge is 0.325 e. The minimum Gasteiger partial charge on any atom is -0.323 e. The minimum absolute atomic E-state index is 0.193. The van der Waals surface area contributed by atoms with Gasteiger partial charge in [0.25, 0.3) is 5.91 Å². The maximum Gasteiger partial charge on any atom is 0.325 e. The van der Waals surface area contributed by atoms with Crippen molar-refractivity contribution in [1.29, 1.82) is 0 Å². The number of carbonyl (C=O) groups excluding carboxylic acids is 3. The first kappa shape index (κ1) is 15.2. The average molecular weight is 327 g/mol. The Kier molecular flexibility index (Phi) is 3.37. The third kappa shape index (κ3) is 2.28. The van der Waals surface area contributed by atoms with Gasteiger partial charge in [0.1, 0.15) is 12.1 Å².